The zero-order chi connectivity index (χ0) is 13.5. The number of nitrogens with two attached hydrogens (primary N) is 1. The van der Waals surface area contributed by atoms with Crippen LogP contribution in [0.4, 0.5) is 0 Å². The van der Waals surface area contributed by atoms with Gasteiger partial charge in [0.05, 0.1) is 0 Å². The molecule has 98 valence electrons. The second-order valence-corrected chi connectivity index (χ2v) is 5.98. The molecule has 1 aliphatic rings. The van der Waals surface area contributed by atoms with Crippen molar-refractivity contribution in [2.24, 2.45) is 11.1 Å². The van der Waals surface area contributed by atoms with Crippen LogP contribution in [0.5, 0.6) is 0 Å². The van der Waals surface area contributed by atoms with Crippen LogP contribution in [0, 0.1) is 5.41 Å². The van der Waals surface area contributed by atoms with E-state index in [1.807, 2.05) is 18.3 Å². The van der Waals surface area contributed by atoms with Crippen molar-refractivity contribution < 1.29 is 0 Å². The molecule has 2 aromatic heterocycles. The van der Waals surface area contributed by atoms with Crippen LogP contribution >= 0.6 is 0 Å². The third-order valence-corrected chi connectivity index (χ3v) is 3.66. The molecular weight excluding hydrogens is 236 g/mol. The largest absolute Gasteiger partial charge is 0.324 e. The molecule has 2 N–H and O–H groups in total. The molecular formula is C15H18N4. The first-order chi connectivity index (χ1) is 9.05. The summed E-state index contributed by atoms with van der Waals surface area (Å²) >= 11 is 0. The fourth-order valence-electron chi connectivity index (χ4n) is 2.75. The van der Waals surface area contributed by atoms with E-state index in [9.17, 15) is 0 Å². The maximum absolute atomic E-state index is 6.22. The van der Waals surface area contributed by atoms with Gasteiger partial charge in [0, 0.05) is 41.5 Å². The van der Waals surface area contributed by atoms with Gasteiger partial charge in [-0.15, -0.1) is 0 Å². The van der Waals surface area contributed by atoms with Crippen LogP contribution in [0.2, 0.25) is 0 Å². The van der Waals surface area contributed by atoms with Crippen LogP contribution in [0.15, 0.2) is 30.7 Å². The van der Waals surface area contributed by atoms with E-state index in [4.69, 9.17) is 10.7 Å². The lowest BCUT2D eigenvalue weighted by Gasteiger charge is -2.34. The highest BCUT2D eigenvalue weighted by molar-refractivity contribution is 5.54. The fourth-order valence-corrected chi connectivity index (χ4v) is 2.75. The minimum absolute atomic E-state index is 0.0465. The van der Waals surface area contributed by atoms with Crippen molar-refractivity contribution in [1.82, 2.24) is 15.0 Å². The molecule has 3 rings (SSSR count). The summed E-state index contributed by atoms with van der Waals surface area (Å²) in [6, 6.07) is 3.90. The first-order valence-electron chi connectivity index (χ1n) is 6.57. The van der Waals surface area contributed by atoms with Gasteiger partial charge in [-0.05, 0) is 30.4 Å². The van der Waals surface area contributed by atoms with Gasteiger partial charge < -0.3 is 5.73 Å². The van der Waals surface area contributed by atoms with Gasteiger partial charge in [0.2, 0.25) is 0 Å². The molecule has 0 radical (unpaired) electrons. The lowest BCUT2D eigenvalue weighted by atomic mass is 9.74. The minimum atomic E-state index is 0.0465. The van der Waals surface area contributed by atoms with Crippen molar-refractivity contribution in [3.05, 3.63) is 42.0 Å². The molecule has 0 saturated carbocycles. The second kappa shape index (κ2) is 4.38. The van der Waals surface area contributed by atoms with E-state index in [2.05, 4.69) is 23.8 Å². The second-order valence-electron chi connectivity index (χ2n) is 5.98. The van der Waals surface area contributed by atoms with Gasteiger partial charge in [-0.25, -0.2) is 9.97 Å². The molecule has 0 aromatic carbocycles. The lowest BCUT2D eigenvalue weighted by molar-refractivity contribution is 0.278. The summed E-state index contributed by atoms with van der Waals surface area (Å²) in [6.45, 7) is 4.48. The first kappa shape index (κ1) is 12.2. The number of hydrogen-bond donors (Lipinski definition) is 1. The third kappa shape index (κ3) is 2.36. The predicted octanol–water partition coefficient (Wildman–Crippen LogP) is 2.51. The Kier molecular flexibility index (Phi) is 2.82. The number of rotatable bonds is 1. The Bertz CT molecular complexity index is 592. The number of fused-ring (bicyclic) bond motifs is 1. The average Bonchev–Trinajstić information content (AvgIpc) is 2.37. The van der Waals surface area contributed by atoms with Gasteiger partial charge in [0.25, 0.3) is 0 Å². The van der Waals surface area contributed by atoms with Crippen molar-refractivity contribution in [3.63, 3.8) is 0 Å². The summed E-state index contributed by atoms with van der Waals surface area (Å²) in [5.41, 5.74) is 9.60. The molecule has 0 saturated heterocycles. The number of hydrogen-bond acceptors (Lipinski definition) is 4. The number of aromatic nitrogens is 3. The monoisotopic (exact) mass is 254 g/mol. The van der Waals surface area contributed by atoms with Crippen LogP contribution in [0.25, 0.3) is 11.4 Å². The molecule has 0 amide bonds. The topological polar surface area (TPSA) is 64.7 Å². The normalized spacial score (nSPS) is 20.9. The van der Waals surface area contributed by atoms with E-state index in [1.54, 1.807) is 12.4 Å². The summed E-state index contributed by atoms with van der Waals surface area (Å²) in [6.07, 6.45) is 7.34. The maximum Gasteiger partial charge on any atom is 0.159 e. The lowest BCUT2D eigenvalue weighted by Crippen LogP contribution is -2.30. The molecule has 1 aliphatic carbocycles. The van der Waals surface area contributed by atoms with Gasteiger partial charge in [-0.1, -0.05) is 13.8 Å². The number of nitrogens with zero attached hydrogens (tertiary/aromatic N) is 3. The fraction of sp³-hybridized carbons (Fsp3) is 0.400. The van der Waals surface area contributed by atoms with Crippen molar-refractivity contribution in [1.29, 1.82) is 0 Å². The van der Waals surface area contributed by atoms with Crippen LogP contribution in [0.1, 0.15) is 37.6 Å². The Morgan fingerprint density at radius 3 is 2.74 bits per heavy atom. The molecule has 0 spiro atoms. The van der Waals surface area contributed by atoms with E-state index >= 15 is 0 Å². The Labute approximate surface area is 113 Å². The molecule has 4 heteroatoms. The van der Waals surface area contributed by atoms with Gasteiger partial charge in [-0.3, -0.25) is 4.98 Å². The molecule has 1 unspecified atom stereocenters. The van der Waals surface area contributed by atoms with Crippen LogP contribution in [0.3, 0.4) is 0 Å². The zero-order valence-electron chi connectivity index (χ0n) is 11.3. The Balaban J connectivity index is 2.05. The molecule has 4 nitrogen and oxygen atoms in total. The Morgan fingerprint density at radius 2 is 2.00 bits per heavy atom. The van der Waals surface area contributed by atoms with Crippen LogP contribution < -0.4 is 5.73 Å². The Hall–Kier alpha value is -1.81. The highest BCUT2D eigenvalue weighted by Gasteiger charge is 2.31. The first-order valence-corrected chi connectivity index (χ1v) is 6.57. The number of pyridine rings is 1. The average molecular weight is 254 g/mol. The summed E-state index contributed by atoms with van der Waals surface area (Å²) in [5, 5.41) is 0. The summed E-state index contributed by atoms with van der Waals surface area (Å²) in [4.78, 5) is 13.2. The van der Waals surface area contributed by atoms with Gasteiger partial charge in [0.15, 0.2) is 5.82 Å². The molecule has 2 aromatic rings. The van der Waals surface area contributed by atoms with E-state index in [-0.39, 0.29) is 11.5 Å². The quantitative estimate of drug-likeness (QED) is 0.849. The predicted molar refractivity (Wildman–Crippen MR) is 74.3 cm³/mol. The summed E-state index contributed by atoms with van der Waals surface area (Å²) in [7, 11) is 0. The van der Waals surface area contributed by atoms with Crippen molar-refractivity contribution >= 4 is 0 Å². The van der Waals surface area contributed by atoms with Gasteiger partial charge in [-0.2, -0.15) is 0 Å². The van der Waals surface area contributed by atoms with Gasteiger partial charge in [0.1, 0.15) is 0 Å². The smallest absolute Gasteiger partial charge is 0.159 e. The van der Waals surface area contributed by atoms with E-state index in [1.165, 1.54) is 0 Å². The Morgan fingerprint density at radius 1 is 1.26 bits per heavy atom. The molecule has 0 aliphatic heterocycles. The van der Waals surface area contributed by atoms with Gasteiger partial charge >= 0.3 is 0 Å². The van der Waals surface area contributed by atoms with Crippen molar-refractivity contribution in [2.75, 3.05) is 0 Å². The highest BCUT2D eigenvalue weighted by Crippen LogP contribution is 2.38. The van der Waals surface area contributed by atoms with E-state index < -0.39 is 0 Å². The van der Waals surface area contributed by atoms with E-state index in [0.29, 0.717) is 0 Å². The molecule has 2 heterocycles. The van der Waals surface area contributed by atoms with Crippen molar-refractivity contribution in [3.8, 4) is 11.4 Å². The van der Waals surface area contributed by atoms with Crippen LogP contribution in [-0.4, -0.2) is 15.0 Å². The molecule has 0 bridgehead atoms. The summed E-state index contributed by atoms with van der Waals surface area (Å²) in [5.74, 6) is 0.756. The summed E-state index contributed by atoms with van der Waals surface area (Å²) < 4.78 is 0. The van der Waals surface area contributed by atoms with Crippen LogP contribution in [-0.2, 0) is 6.42 Å². The van der Waals surface area contributed by atoms with Crippen molar-refractivity contribution in [2.45, 2.75) is 32.7 Å². The SMILES string of the molecule is CC1(C)Cc2nc(-c3ccncc3)ncc2C(N)C1. The van der Waals surface area contributed by atoms with E-state index in [0.717, 1.165) is 35.5 Å². The highest BCUT2D eigenvalue weighted by atomic mass is 14.9. The molecule has 0 fully saturated rings. The zero-order valence-corrected chi connectivity index (χ0v) is 11.3. The minimum Gasteiger partial charge on any atom is -0.324 e. The third-order valence-electron chi connectivity index (χ3n) is 3.66. The maximum atomic E-state index is 6.22. The molecule has 19 heavy (non-hydrogen) atoms. The standard InChI is InChI=1S/C15H18N4/c1-15(2)7-12(16)11-9-18-14(19-13(11)8-15)10-3-5-17-6-4-10/h3-6,9,12H,7-8,16H2,1-2H3. The molecule has 1 atom stereocenters.